The predicted molar refractivity (Wildman–Crippen MR) is 116 cm³/mol. The number of Topliss-reactive ketones (excluding diaryl/α,β-unsaturated/α-hetero) is 1. The first-order valence-electron chi connectivity index (χ1n) is 9.80. The molecule has 0 radical (unpaired) electrons. The summed E-state index contributed by atoms with van der Waals surface area (Å²) in [6, 6.07) is 6.26. The minimum absolute atomic E-state index is 0.00652. The number of esters is 1. The largest absolute Gasteiger partial charge is 0.475 e. The lowest BCUT2D eigenvalue weighted by Gasteiger charge is -2.24. The average molecular weight is 490 g/mol. The zero-order chi connectivity index (χ0) is 24.2. The Morgan fingerprint density at radius 3 is 2.28 bits per heavy atom. The molecule has 0 aliphatic rings. The van der Waals surface area contributed by atoms with Crippen molar-refractivity contribution < 1.29 is 46.1 Å². The summed E-state index contributed by atoms with van der Waals surface area (Å²) in [4.78, 5) is 24.0. The Balaban J connectivity index is 2.99. The van der Waals surface area contributed by atoms with Crippen LogP contribution in [0.5, 0.6) is 5.75 Å². The SMILES string of the molecule is C#COP(C)(=O)OCC(CCC(=O)c1ccccc1OC(C)=O)OP(=O)(OCC)OCC. The van der Waals surface area contributed by atoms with E-state index in [9.17, 15) is 18.7 Å². The van der Waals surface area contributed by atoms with E-state index in [1.165, 1.54) is 19.1 Å². The lowest BCUT2D eigenvalue weighted by molar-refractivity contribution is -0.131. The molecule has 0 bridgehead atoms. The maximum absolute atomic E-state index is 12.8. The molecular formula is C20H28O10P2. The van der Waals surface area contributed by atoms with Gasteiger partial charge in [0.1, 0.15) is 11.9 Å². The molecule has 0 N–H and O–H groups in total. The van der Waals surface area contributed by atoms with Gasteiger partial charge < -0.3 is 9.26 Å². The van der Waals surface area contributed by atoms with Crippen molar-refractivity contribution in [1.29, 1.82) is 0 Å². The fourth-order valence-electron chi connectivity index (χ4n) is 2.47. The number of terminal acetylenes is 1. The van der Waals surface area contributed by atoms with Crippen LogP contribution in [-0.2, 0) is 36.5 Å². The van der Waals surface area contributed by atoms with E-state index in [-0.39, 0.29) is 49.8 Å². The van der Waals surface area contributed by atoms with Crippen molar-refractivity contribution in [1.82, 2.24) is 0 Å². The van der Waals surface area contributed by atoms with Crippen LogP contribution in [0, 0.1) is 12.5 Å². The highest BCUT2D eigenvalue weighted by molar-refractivity contribution is 7.53. The van der Waals surface area contributed by atoms with Crippen molar-refractivity contribution in [2.24, 2.45) is 0 Å². The van der Waals surface area contributed by atoms with Crippen LogP contribution >= 0.6 is 15.4 Å². The lowest BCUT2D eigenvalue weighted by Crippen LogP contribution is -2.21. The topological polar surface area (TPSA) is 124 Å². The van der Waals surface area contributed by atoms with Crippen LogP contribution < -0.4 is 4.74 Å². The number of benzene rings is 1. The van der Waals surface area contributed by atoms with Crippen molar-refractivity contribution in [3.63, 3.8) is 0 Å². The Morgan fingerprint density at radius 2 is 1.72 bits per heavy atom. The van der Waals surface area contributed by atoms with Gasteiger partial charge in [-0.15, -0.1) is 0 Å². The van der Waals surface area contributed by atoms with Crippen LogP contribution in [0.25, 0.3) is 0 Å². The highest BCUT2D eigenvalue weighted by atomic mass is 31.2. The van der Waals surface area contributed by atoms with E-state index in [1.54, 1.807) is 32.1 Å². The summed E-state index contributed by atoms with van der Waals surface area (Å²) in [5, 5.41) is 0. The van der Waals surface area contributed by atoms with Crippen molar-refractivity contribution in [3.8, 4) is 18.3 Å². The highest BCUT2D eigenvalue weighted by Crippen LogP contribution is 2.52. The summed E-state index contributed by atoms with van der Waals surface area (Å²) in [6.45, 7) is 5.34. The molecule has 12 heteroatoms. The van der Waals surface area contributed by atoms with Crippen molar-refractivity contribution in [3.05, 3.63) is 29.8 Å². The third-order valence-corrected chi connectivity index (χ3v) is 6.46. The van der Waals surface area contributed by atoms with Crippen molar-refractivity contribution in [2.45, 2.75) is 39.7 Å². The molecule has 0 fully saturated rings. The maximum Gasteiger partial charge on any atom is 0.475 e. The Labute approximate surface area is 188 Å². The summed E-state index contributed by atoms with van der Waals surface area (Å²) in [7, 11) is -7.57. The molecule has 1 aromatic carbocycles. The Bertz CT molecular complexity index is 898. The Morgan fingerprint density at radius 1 is 1.09 bits per heavy atom. The van der Waals surface area contributed by atoms with Crippen LogP contribution in [0.3, 0.4) is 0 Å². The van der Waals surface area contributed by atoms with Crippen LogP contribution in [-0.4, -0.2) is 44.3 Å². The number of phosphoric acid groups is 1. The first-order valence-corrected chi connectivity index (χ1v) is 13.2. The number of phosphoric ester groups is 1. The summed E-state index contributed by atoms with van der Waals surface area (Å²) in [6.07, 6.45) is 5.65. The minimum Gasteiger partial charge on any atom is -0.426 e. The second kappa shape index (κ2) is 13.5. The molecule has 0 amide bonds. The summed E-state index contributed by atoms with van der Waals surface area (Å²) in [5.41, 5.74) is 0.192. The zero-order valence-corrected chi connectivity index (χ0v) is 20.3. The number of hydrogen-bond donors (Lipinski definition) is 0. The molecule has 1 aromatic rings. The van der Waals surface area contributed by atoms with E-state index in [0.29, 0.717) is 0 Å². The third-order valence-electron chi connectivity index (χ3n) is 3.70. The van der Waals surface area contributed by atoms with Crippen LogP contribution in [0.15, 0.2) is 24.3 Å². The van der Waals surface area contributed by atoms with E-state index < -0.39 is 27.5 Å². The number of rotatable bonds is 15. The molecule has 0 heterocycles. The molecule has 32 heavy (non-hydrogen) atoms. The second-order valence-electron chi connectivity index (χ2n) is 6.34. The standard InChI is InChI=1S/C20H28O10P2/c1-6-25-31(5,23)28-15-17(30-32(24,26-7-2)27-8-3)13-14-19(22)18-11-9-10-12-20(18)29-16(4)21/h1,9-12,17H,7-8,13-15H2,2-5H3. The van der Waals surface area contributed by atoms with Gasteiger partial charge in [0.05, 0.1) is 38.2 Å². The van der Waals surface area contributed by atoms with Gasteiger partial charge in [-0.3, -0.25) is 27.7 Å². The summed E-state index contributed by atoms with van der Waals surface area (Å²) in [5.74, 6) is -0.812. The van der Waals surface area contributed by atoms with Crippen LogP contribution in [0.4, 0.5) is 0 Å². The van der Waals surface area contributed by atoms with Gasteiger partial charge in [0.25, 0.3) is 0 Å². The first kappa shape index (κ1) is 28.1. The monoisotopic (exact) mass is 490 g/mol. The number of ether oxygens (including phenoxy) is 1. The van der Waals surface area contributed by atoms with Gasteiger partial charge >= 0.3 is 21.4 Å². The van der Waals surface area contributed by atoms with Gasteiger partial charge in [0, 0.05) is 13.3 Å². The van der Waals surface area contributed by atoms with Crippen molar-refractivity contribution >= 4 is 27.2 Å². The molecule has 0 spiro atoms. The predicted octanol–water partition coefficient (Wildman–Crippen LogP) is 4.59. The van der Waals surface area contributed by atoms with Gasteiger partial charge in [-0.1, -0.05) is 18.6 Å². The van der Waals surface area contributed by atoms with E-state index in [0.717, 1.165) is 6.66 Å². The molecule has 178 valence electrons. The number of ketones is 1. The van der Waals surface area contributed by atoms with Gasteiger partial charge in [0.15, 0.2) is 5.78 Å². The number of carbonyl (C=O) groups is 2. The summed E-state index contributed by atoms with van der Waals surface area (Å²) >= 11 is 0. The minimum atomic E-state index is -3.96. The number of carbonyl (C=O) groups excluding carboxylic acids is 2. The van der Waals surface area contributed by atoms with E-state index in [1.807, 2.05) is 0 Å². The number of para-hydroxylation sites is 1. The molecule has 2 unspecified atom stereocenters. The maximum atomic E-state index is 12.8. The normalized spacial score (nSPS) is 14.1. The average Bonchev–Trinajstić information content (AvgIpc) is 2.70. The Kier molecular flexibility index (Phi) is 11.9. The fraction of sp³-hybridized carbons (Fsp3) is 0.500. The molecule has 0 saturated heterocycles. The summed E-state index contributed by atoms with van der Waals surface area (Å²) < 4.78 is 55.5. The molecule has 1 rings (SSSR count). The van der Waals surface area contributed by atoms with Gasteiger partial charge in [-0.05, 0) is 32.4 Å². The molecular weight excluding hydrogens is 462 g/mol. The van der Waals surface area contributed by atoms with Gasteiger partial charge in [-0.25, -0.2) is 9.13 Å². The second-order valence-corrected chi connectivity index (χ2v) is 9.94. The third kappa shape index (κ3) is 10.1. The molecule has 0 aliphatic heterocycles. The zero-order valence-electron chi connectivity index (χ0n) is 18.5. The molecule has 0 saturated carbocycles. The molecule has 2 atom stereocenters. The number of hydrogen-bond acceptors (Lipinski definition) is 10. The quantitative estimate of drug-likeness (QED) is 0.113. The molecule has 10 nitrogen and oxygen atoms in total. The molecule has 0 aromatic heterocycles. The van der Waals surface area contributed by atoms with Crippen molar-refractivity contribution in [2.75, 3.05) is 26.5 Å². The van der Waals surface area contributed by atoms with Crippen LogP contribution in [0.2, 0.25) is 0 Å². The van der Waals surface area contributed by atoms with Crippen LogP contribution in [0.1, 0.15) is 44.0 Å². The smallest absolute Gasteiger partial charge is 0.426 e. The first-order chi connectivity index (χ1) is 15.1. The van der Waals surface area contributed by atoms with E-state index in [2.05, 4.69) is 4.52 Å². The Hall–Kier alpha value is -1.98. The molecule has 0 aliphatic carbocycles. The van der Waals surface area contributed by atoms with Gasteiger partial charge in [0.2, 0.25) is 0 Å². The van der Waals surface area contributed by atoms with E-state index in [4.69, 9.17) is 29.3 Å². The van der Waals surface area contributed by atoms with E-state index >= 15 is 0 Å². The lowest BCUT2D eigenvalue weighted by atomic mass is 10.0. The fourth-order valence-corrected chi connectivity index (χ4v) is 4.51. The highest BCUT2D eigenvalue weighted by Gasteiger charge is 2.32. The van der Waals surface area contributed by atoms with Gasteiger partial charge in [-0.2, -0.15) is 0 Å².